The van der Waals surface area contributed by atoms with Crippen molar-refractivity contribution in [1.29, 1.82) is 0 Å². The van der Waals surface area contributed by atoms with E-state index < -0.39 is 0 Å². The average molecular weight is 142 g/mol. The van der Waals surface area contributed by atoms with Gasteiger partial charge in [0, 0.05) is 5.70 Å². The highest BCUT2D eigenvalue weighted by molar-refractivity contribution is 4.89. The van der Waals surface area contributed by atoms with E-state index in [1.165, 1.54) is 12.8 Å². The summed E-state index contributed by atoms with van der Waals surface area (Å²) in [5, 5.41) is 6.16. The highest BCUT2D eigenvalue weighted by Gasteiger charge is 1.89. The van der Waals surface area contributed by atoms with Crippen LogP contribution in [0, 0.1) is 0 Å². The average Bonchev–Trinajstić information content (AvgIpc) is 1.97. The first kappa shape index (κ1) is 9.50. The minimum Gasteiger partial charge on any atom is -0.376 e. The summed E-state index contributed by atoms with van der Waals surface area (Å²) >= 11 is 0. The van der Waals surface area contributed by atoms with Crippen molar-refractivity contribution in [1.82, 2.24) is 10.6 Å². The standard InChI is InChI=1S/C8H18N2/c1-4-5-6-8(2)10-7-9-3/h9-10H,2,4-7H2,1,3H3. The van der Waals surface area contributed by atoms with Gasteiger partial charge in [-0.1, -0.05) is 19.9 Å². The predicted octanol–water partition coefficient (Wildman–Crippen LogP) is 1.46. The second kappa shape index (κ2) is 6.62. The summed E-state index contributed by atoms with van der Waals surface area (Å²) in [4.78, 5) is 0. The normalized spacial score (nSPS) is 9.40. The van der Waals surface area contributed by atoms with Crippen molar-refractivity contribution >= 4 is 0 Å². The van der Waals surface area contributed by atoms with E-state index in [0.717, 1.165) is 18.8 Å². The van der Waals surface area contributed by atoms with Gasteiger partial charge in [-0.25, -0.2) is 0 Å². The zero-order valence-electron chi connectivity index (χ0n) is 7.04. The molecule has 0 amide bonds. The van der Waals surface area contributed by atoms with Gasteiger partial charge in [-0.05, 0) is 19.9 Å². The summed E-state index contributed by atoms with van der Waals surface area (Å²) in [5.41, 5.74) is 1.14. The Hall–Kier alpha value is -0.500. The second-order valence-corrected chi connectivity index (χ2v) is 2.41. The van der Waals surface area contributed by atoms with E-state index in [2.05, 4.69) is 24.1 Å². The fraction of sp³-hybridized carbons (Fsp3) is 0.750. The highest BCUT2D eigenvalue weighted by atomic mass is 15.0. The molecule has 0 aromatic heterocycles. The molecule has 2 nitrogen and oxygen atoms in total. The monoisotopic (exact) mass is 142 g/mol. The van der Waals surface area contributed by atoms with Crippen molar-refractivity contribution in [3.05, 3.63) is 12.3 Å². The number of nitrogens with one attached hydrogen (secondary N) is 2. The summed E-state index contributed by atoms with van der Waals surface area (Å²) in [6, 6.07) is 0. The quantitative estimate of drug-likeness (QED) is 0.549. The summed E-state index contributed by atoms with van der Waals surface area (Å²) in [6.07, 6.45) is 3.56. The van der Waals surface area contributed by atoms with Gasteiger partial charge in [0.1, 0.15) is 0 Å². The molecule has 0 aromatic rings. The van der Waals surface area contributed by atoms with Gasteiger partial charge in [-0.15, -0.1) is 0 Å². The maximum atomic E-state index is 3.88. The van der Waals surface area contributed by atoms with E-state index in [-0.39, 0.29) is 0 Å². The largest absolute Gasteiger partial charge is 0.376 e. The summed E-state index contributed by atoms with van der Waals surface area (Å²) in [5.74, 6) is 0. The van der Waals surface area contributed by atoms with E-state index in [0.29, 0.717) is 0 Å². The van der Waals surface area contributed by atoms with E-state index in [4.69, 9.17) is 0 Å². The maximum Gasteiger partial charge on any atom is 0.0647 e. The zero-order chi connectivity index (χ0) is 7.82. The molecule has 0 aliphatic rings. The molecule has 0 atom stereocenters. The van der Waals surface area contributed by atoms with Crippen molar-refractivity contribution in [3.63, 3.8) is 0 Å². The van der Waals surface area contributed by atoms with Crippen LogP contribution in [0.4, 0.5) is 0 Å². The summed E-state index contributed by atoms with van der Waals surface area (Å²) in [6.45, 7) is 6.89. The molecule has 0 rings (SSSR count). The Balaban J connectivity index is 3.09. The molecule has 60 valence electrons. The topological polar surface area (TPSA) is 24.1 Å². The van der Waals surface area contributed by atoms with Gasteiger partial charge in [-0.3, -0.25) is 0 Å². The summed E-state index contributed by atoms with van der Waals surface area (Å²) in [7, 11) is 1.92. The number of hydrogen-bond acceptors (Lipinski definition) is 2. The molecular formula is C8H18N2. The molecule has 0 bridgehead atoms. The van der Waals surface area contributed by atoms with Gasteiger partial charge in [-0.2, -0.15) is 0 Å². The van der Waals surface area contributed by atoms with E-state index in [9.17, 15) is 0 Å². The lowest BCUT2D eigenvalue weighted by Crippen LogP contribution is -2.24. The molecule has 0 aromatic carbocycles. The summed E-state index contributed by atoms with van der Waals surface area (Å²) < 4.78 is 0. The first-order chi connectivity index (χ1) is 4.81. The Morgan fingerprint density at radius 1 is 1.50 bits per heavy atom. The molecule has 0 radical (unpaired) electrons. The van der Waals surface area contributed by atoms with Crippen LogP contribution in [0.1, 0.15) is 26.2 Å². The van der Waals surface area contributed by atoms with Gasteiger partial charge in [0.2, 0.25) is 0 Å². The Morgan fingerprint density at radius 2 is 2.20 bits per heavy atom. The molecule has 0 fully saturated rings. The molecule has 0 aliphatic carbocycles. The van der Waals surface area contributed by atoms with Crippen LogP contribution in [0.5, 0.6) is 0 Å². The Labute approximate surface area is 63.7 Å². The Bertz CT molecular complexity index is 79.3. The van der Waals surface area contributed by atoms with Gasteiger partial charge >= 0.3 is 0 Å². The molecule has 0 spiro atoms. The molecule has 0 saturated carbocycles. The smallest absolute Gasteiger partial charge is 0.0647 e. The van der Waals surface area contributed by atoms with Crippen LogP contribution < -0.4 is 10.6 Å². The molecule has 0 heterocycles. The van der Waals surface area contributed by atoms with E-state index in [1.54, 1.807) is 0 Å². The van der Waals surface area contributed by atoms with Crippen LogP contribution in [0.2, 0.25) is 0 Å². The zero-order valence-corrected chi connectivity index (χ0v) is 7.04. The number of allylic oxidation sites excluding steroid dienone is 1. The fourth-order valence-electron chi connectivity index (χ4n) is 0.692. The number of unbranched alkanes of at least 4 members (excludes halogenated alkanes) is 1. The second-order valence-electron chi connectivity index (χ2n) is 2.41. The molecule has 2 heteroatoms. The highest BCUT2D eigenvalue weighted by Crippen LogP contribution is 1.99. The Morgan fingerprint density at radius 3 is 2.70 bits per heavy atom. The van der Waals surface area contributed by atoms with Gasteiger partial charge in [0.25, 0.3) is 0 Å². The Kier molecular flexibility index (Phi) is 6.29. The van der Waals surface area contributed by atoms with Crippen molar-refractivity contribution in [2.75, 3.05) is 13.7 Å². The van der Waals surface area contributed by atoms with Crippen LogP contribution in [-0.4, -0.2) is 13.7 Å². The van der Waals surface area contributed by atoms with Crippen LogP contribution in [0.25, 0.3) is 0 Å². The van der Waals surface area contributed by atoms with E-state index in [1.807, 2.05) is 7.05 Å². The van der Waals surface area contributed by atoms with Crippen LogP contribution in [0.3, 0.4) is 0 Å². The molecule has 10 heavy (non-hydrogen) atoms. The molecule has 0 aliphatic heterocycles. The first-order valence-corrected chi connectivity index (χ1v) is 3.87. The maximum absolute atomic E-state index is 3.88. The predicted molar refractivity (Wildman–Crippen MR) is 45.7 cm³/mol. The SMILES string of the molecule is C=C(CCCC)NCNC. The van der Waals surface area contributed by atoms with E-state index >= 15 is 0 Å². The first-order valence-electron chi connectivity index (χ1n) is 3.87. The molecule has 2 N–H and O–H groups in total. The van der Waals surface area contributed by atoms with Crippen LogP contribution in [0.15, 0.2) is 12.3 Å². The van der Waals surface area contributed by atoms with Gasteiger partial charge < -0.3 is 10.6 Å². The van der Waals surface area contributed by atoms with Gasteiger partial charge in [0.05, 0.1) is 6.67 Å². The molecule has 0 saturated heterocycles. The minimum atomic E-state index is 0.822. The van der Waals surface area contributed by atoms with Crippen molar-refractivity contribution < 1.29 is 0 Å². The van der Waals surface area contributed by atoms with Crippen LogP contribution >= 0.6 is 0 Å². The lowest BCUT2D eigenvalue weighted by Gasteiger charge is -2.06. The van der Waals surface area contributed by atoms with Crippen molar-refractivity contribution in [3.8, 4) is 0 Å². The van der Waals surface area contributed by atoms with Crippen LogP contribution in [-0.2, 0) is 0 Å². The number of rotatable bonds is 6. The van der Waals surface area contributed by atoms with Gasteiger partial charge in [0.15, 0.2) is 0 Å². The molecular weight excluding hydrogens is 124 g/mol. The third-order valence-electron chi connectivity index (χ3n) is 1.35. The van der Waals surface area contributed by atoms with Crippen molar-refractivity contribution in [2.24, 2.45) is 0 Å². The number of hydrogen-bond donors (Lipinski definition) is 2. The fourth-order valence-corrected chi connectivity index (χ4v) is 0.692. The molecule has 0 unspecified atom stereocenters. The third-order valence-corrected chi connectivity index (χ3v) is 1.35. The third kappa shape index (κ3) is 5.63. The lowest BCUT2D eigenvalue weighted by atomic mass is 10.2. The minimum absolute atomic E-state index is 0.822. The van der Waals surface area contributed by atoms with Crippen molar-refractivity contribution in [2.45, 2.75) is 26.2 Å². The lowest BCUT2D eigenvalue weighted by molar-refractivity contribution is 0.659.